The molecule has 0 saturated carbocycles. The van der Waals surface area contributed by atoms with Crippen molar-refractivity contribution >= 4 is 32.6 Å². The quantitative estimate of drug-likeness (QED) is 0.175. The topological polar surface area (TPSA) is 43.6 Å². The fraction of sp³-hybridized carbons (Fsp3) is 0. The van der Waals surface area contributed by atoms with Gasteiger partial charge in [0.25, 0.3) is 0 Å². The molecule has 0 spiro atoms. The molecule has 0 N–H and O–H groups in total. The molecule has 10 aromatic rings. The van der Waals surface area contributed by atoms with Gasteiger partial charge in [-0.2, -0.15) is 0 Å². The molecule has 8 aromatic carbocycles. The maximum atomic E-state index is 9.15. The Morgan fingerprint density at radius 1 is 0.377 bits per heavy atom. The molecule has 0 aliphatic heterocycles. The van der Waals surface area contributed by atoms with E-state index in [1.807, 2.05) is 72.8 Å². The SMILES string of the molecule is [2H]c1c([2H])c([2H])c(-c2cc(-c3nc(-c4ccccc4)nc(-c4ccc(-c5cccc6ccccc56)cc4)n3)cc(-n3c4c([2H])c([2H])c([2H])c([2H])c4c4c([2H])c([2H])c([2H])c([2H])c43)c2)c([2H])c1[2H]. The Morgan fingerprint density at radius 2 is 0.925 bits per heavy atom. The van der Waals surface area contributed by atoms with Gasteiger partial charge in [-0.3, -0.25) is 0 Å². The second-order valence-electron chi connectivity index (χ2n) is 12.3. The van der Waals surface area contributed by atoms with E-state index in [9.17, 15) is 0 Å². The van der Waals surface area contributed by atoms with Crippen molar-refractivity contribution in [2.24, 2.45) is 0 Å². The first kappa shape index (κ1) is 20.0. The van der Waals surface area contributed by atoms with Gasteiger partial charge in [-0.05, 0) is 63.3 Å². The molecule has 248 valence electrons. The van der Waals surface area contributed by atoms with Crippen molar-refractivity contribution in [3.8, 4) is 62.1 Å². The van der Waals surface area contributed by atoms with E-state index >= 15 is 0 Å². The van der Waals surface area contributed by atoms with Gasteiger partial charge in [0.05, 0.1) is 28.9 Å². The molecule has 0 atom stereocenters. The summed E-state index contributed by atoms with van der Waals surface area (Å²) in [5.41, 5.74) is 3.10. The van der Waals surface area contributed by atoms with E-state index in [2.05, 4.69) is 24.3 Å². The standard InChI is InChI=1S/C49H32N4/c1-3-14-33(15-4-1)38-30-39(32-40(31-38)53-45-24-11-9-21-43(45)44-22-10-12-25-46(44)53)49-51-47(36-17-5-2-6-18-36)50-48(52-49)37-28-26-35(27-29-37)42-23-13-19-34-16-7-8-20-41(34)42/h1-32H/i1D,3D,4D,9D,10D,11D,12D,14D,15D,21D,22D,24D,25D. The minimum Gasteiger partial charge on any atom is -0.309 e. The summed E-state index contributed by atoms with van der Waals surface area (Å²) < 4.78 is 115. The van der Waals surface area contributed by atoms with Crippen molar-refractivity contribution in [3.63, 3.8) is 0 Å². The third-order valence-corrected chi connectivity index (χ3v) is 9.17. The van der Waals surface area contributed by atoms with E-state index in [1.165, 1.54) is 10.6 Å². The fourth-order valence-corrected chi connectivity index (χ4v) is 6.71. The summed E-state index contributed by atoms with van der Waals surface area (Å²) in [6.07, 6.45) is 0. The molecular weight excluding hydrogens is 645 g/mol. The third-order valence-electron chi connectivity index (χ3n) is 9.17. The highest BCUT2D eigenvalue weighted by atomic mass is 15.0. The third kappa shape index (κ3) is 5.54. The lowest BCUT2D eigenvalue weighted by molar-refractivity contribution is 1.07. The average molecular weight is 690 g/mol. The van der Waals surface area contributed by atoms with Crippen LogP contribution in [0.2, 0.25) is 0 Å². The molecule has 0 amide bonds. The summed E-state index contributed by atoms with van der Waals surface area (Å²) in [7, 11) is 0. The number of nitrogens with zero attached hydrogens (tertiary/aromatic N) is 4. The Kier molecular flexibility index (Phi) is 4.86. The largest absolute Gasteiger partial charge is 0.309 e. The molecule has 0 bridgehead atoms. The second kappa shape index (κ2) is 12.9. The molecular formula is C49H32N4. The Morgan fingerprint density at radius 3 is 1.64 bits per heavy atom. The van der Waals surface area contributed by atoms with Crippen LogP contribution < -0.4 is 0 Å². The van der Waals surface area contributed by atoms with E-state index in [1.54, 1.807) is 12.1 Å². The van der Waals surface area contributed by atoms with Gasteiger partial charge >= 0.3 is 0 Å². The number of fused-ring (bicyclic) bond motifs is 4. The first-order valence-corrected chi connectivity index (χ1v) is 16.8. The number of benzene rings is 8. The van der Waals surface area contributed by atoms with Crippen molar-refractivity contribution < 1.29 is 17.8 Å². The predicted octanol–water partition coefficient (Wildman–Crippen LogP) is 12.5. The fourth-order valence-electron chi connectivity index (χ4n) is 6.71. The molecule has 53 heavy (non-hydrogen) atoms. The zero-order chi connectivity index (χ0) is 46.5. The highest BCUT2D eigenvalue weighted by Crippen LogP contribution is 2.37. The van der Waals surface area contributed by atoms with E-state index in [-0.39, 0.29) is 61.7 Å². The molecule has 4 nitrogen and oxygen atoms in total. The highest BCUT2D eigenvalue weighted by Gasteiger charge is 2.17. The Labute approximate surface area is 325 Å². The normalized spacial score (nSPS) is 14.8. The van der Waals surface area contributed by atoms with Crippen molar-refractivity contribution in [2.45, 2.75) is 0 Å². The van der Waals surface area contributed by atoms with Gasteiger partial charge < -0.3 is 4.57 Å². The van der Waals surface area contributed by atoms with Crippen molar-refractivity contribution in [1.29, 1.82) is 0 Å². The monoisotopic (exact) mass is 689 g/mol. The van der Waals surface area contributed by atoms with Crippen LogP contribution in [0.1, 0.15) is 17.8 Å². The van der Waals surface area contributed by atoms with Gasteiger partial charge in [-0.1, -0.05) is 164 Å². The van der Waals surface area contributed by atoms with E-state index < -0.39 is 78.6 Å². The minimum absolute atomic E-state index is 0.0621. The molecule has 2 aromatic heterocycles. The molecule has 0 aliphatic rings. The van der Waals surface area contributed by atoms with E-state index in [4.69, 9.17) is 32.8 Å². The molecule has 2 heterocycles. The summed E-state index contributed by atoms with van der Waals surface area (Å²) >= 11 is 0. The molecule has 0 radical (unpaired) electrons. The second-order valence-corrected chi connectivity index (χ2v) is 12.3. The maximum Gasteiger partial charge on any atom is 0.164 e. The van der Waals surface area contributed by atoms with Crippen LogP contribution in [0.4, 0.5) is 0 Å². The van der Waals surface area contributed by atoms with E-state index in [0.29, 0.717) is 11.1 Å². The maximum absolute atomic E-state index is 9.15. The van der Waals surface area contributed by atoms with Crippen LogP contribution >= 0.6 is 0 Å². The molecule has 0 saturated heterocycles. The van der Waals surface area contributed by atoms with Crippen molar-refractivity contribution in [3.05, 3.63) is 194 Å². The summed E-state index contributed by atoms with van der Waals surface area (Å²) in [6, 6.07) is 28.3. The van der Waals surface area contributed by atoms with Crippen LogP contribution in [0.25, 0.3) is 94.7 Å². The number of aromatic nitrogens is 4. The lowest BCUT2D eigenvalue weighted by atomic mass is 9.97. The van der Waals surface area contributed by atoms with Crippen LogP contribution in [0.5, 0.6) is 0 Å². The highest BCUT2D eigenvalue weighted by molar-refractivity contribution is 6.09. The van der Waals surface area contributed by atoms with Gasteiger partial charge in [-0.25, -0.2) is 15.0 Å². The first-order chi connectivity index (χ1) is 31.7. The number of para-hydroxylation sites is 2. The molecule has 0 fully saturated rings. The van der Waals surface area contributed by atoms with E-state index in [0.717, 1.165) is 21.9 Å². The number of hydrogen-bond acceptors (Lipinski definition) is 3. The summed E-state index contributed by atoms with van der Waals surface area (Å²) in [6.45, 7) is 0. The average Bonchev–Trinajstić information content (AvgIpc) is 3.72. The van der Waals surface area contributed by atoms with Gasteiger partial charge in [0.15, 0.2) is 17.5 Å². The van der Waals surface area contributed by atoms with Crippen LogP contribution in [0.15, 0.2) is 194 Å². The van der Waals surface area contributed by atoms with Crippen molar-refractivity contribution in [1.82, 2.24) is 19.5 Å². The first-order valence-electron chi connectivity index (χ1n) is 23.3. The van der Waals surface area contributed by atoms with Gasteiger partial charge in [0.2, 0.25) is 0 Å². The number of hydrogen-bond donors (Lipinski definition) is 0. The minimum atomic E-state index is -0.616. The van der Waals surface area contributed by atoms with Gasteiger partial charge in [-0.15, -0.1) is 0 Å². The van der Waals surface area contributed by atoms with Gasteiger partial charge in [0.1, 0.15) is 0 Å². The lowest BCUT2D eigenvalue weighted by Gasteiger charge is -2.14. The molecule has 0 unspecified atom stereocenters. The molecule has 0 aliphatic carbocycles. The molecule has 10 rings (SSSR count). The number of rotatable bonds is 6. The Balaban J connectivity index is 1.29. The Bertz CT molecular complexity index is 3580. The lowest BCUT2D eigenvalue weighted by Crippen LogP contribution is -2.02. The van der Waals surface area contributed by atoms with Crippen LogP contribution in [0, 0.1) is 0 Å². The zero-order valence-corrected chi connectivity index (χ0v) is 27.8. The predicted molar refractivity (Wildman–Crippen MR) is 219 cm³/mol. The van der Waals surface area contributed by atoms with Gasteiger partial charge in [0, 0.05) is 33.2 Å². The Hall–Kier alpha value is -7.17. The van der Waals surface area contributed by atoms with Crippen LogP contribution in [0.3, 0.4) is 0 Å². The summed E-state index contributed by atoms with van der Waals surface area (Å²) in [5.74, 6) is 0.638. The zero-order valence-electron chi connectivity index (χ0n) is 40.8. The van der Waals surface area contributed by atoms with Crippen LogP contribution in [-0.4, -0.2) is 19.5 Å². The summed E-state index contributed by atoms with van der Waals surface area (Å²) in [5, 5.41) is 1.88. The summed E-state index contributed by atoms with van der Waals surface area (Å²) in [4.78, 5) is 14.8. The molecule has 4 heteroatoms. The van der Waals surface area contributed by atoms with Crippen LogP contribution in [-0.2, 0) is 0 Å². The van der Waals surface area contributed by atoms with Crippen molar-refractivity contribution in [2.75, 3.05) is 0 Å². The smallest absolute Gasteiger partial charge is 0.164 e.